The van der Waals surface area contributed by atoms with Crippen LogP contribution in [0.15, 0.2) is 48.5 Å². The number of amides is 1. The van der Waals surface area contributed by atoms with Crippen molar-refractivity contribution in [2.45, 2.75) is 64.9 Å². The zero-order valence-corrected chi connectivity index (χ0v) is 18.9. The molecule has 0 aromatic heterocycles. The molecule has 4 heteroatoms. The van der Waals surface area contributed by atoms with E-state index < -0.39 is 6.10 Å². The number of fused-ring (bicyclic) bond motifs is 1. The Bertz CT molecular complexity index is 824. The minimum Gasteiger partial charge on any atom is -0.481 e. The maximum atomic E-state index is 12.6. The Morgan fingerprint density at radius 3 is 2.57 bits per heavy atom. The summed E-state index contributed by atoms with van der Waals surface area (Å²) in [5.41, 5.74) is 4.15. The maximum absolute atomic E-state index is 12.6. The highest BCUT2D eigenvalue weighted by Gasteiger charge is 2.20. The molecule has 0 bridgehead atoms. The van der Waals surface area contributed by atoms with E-state index in [0.29, 0.717) is 13.0 Å². The smallest absolute Gasteiger partial charge is 0.261 e. The van der Waals surface area contributed by atoms with Crippen LogP contribution in [0.25, 0.3) is 0 Å². The first-order valence-corrected chi connectivity index (χ1v) is 11.3. The monoisotopic (exact) mass is 408 g/mol. The predicted molar refractivity (Wildman–Crippen MR) is 124 cm³/mol. The van der Waals surface area contributed by atoms with E-state index in [2.05, 4.69) is 67.4 Å². The lowest BCUT2D eigenvalue weighted by Crippen LogP contribution is -2.39. The summed E-state index contributed by atoms with van der Waals surface area (Å²) < 4.78 is 5.96. The van der Waals surface area contributed by atoms with E-state index in [1.807, 2.05) is 19.1 Å². The highest BCUT2D eigenvalue weighted by atomic mass is 16.5. The number of ether oxygens (including phenoxy) is 1. The molecule has 0 saturated heterocycles. The molecule has 0 spiro atoms. The van der Waals surface area contributed by atoms with Crippen molar-refractivity contribution in [1.82, 2.24) is 5.32 Å². The van der Waals surface area contributed by atoms with Gasteiger partial charge in [-0.25, -0.2) is 0 Å². The molecule has 3 rings (SSSR count). The predicted octanol–water partition coefficient (Wildman–Crippen LogP) is 5.10. The van der Waals surface area contributed by atoms with Crippen molar-refractivity contribution < 1.29 is 9.53 Å². The molecule has 30 heavy (non-hydrogen) atoms. The molecular formula is C26H36N2O2. The number of nitrogens with zero attached hydrogens (tertiary/aromatic N) is 1. The van der Waals surface area contributed by atoms with E-state index in [4.69, 9.17) is 4.74 Å². The molecule has 1 N–H and O–H groups in total. The second kappa shape index (κ2) is 10.0. The first kappa shape index (κ1) is 22.2. The van der Waals surface area contributed by atoms with Gasteiger partial charge in [-0.1, -0.05) is 58.0 Å². The molecule has 1 aliphatic rings. The van der Waals surface area contributed by atoms with Gasteiger partial charge >= 0.3 is 0 Å². The lowest BCUT2D eigenvalue weighted by molar-refractivity contribution is -0.128. The van der Waals surface area contributed by atoms with Crippen LogP contribution in [-0.4, -0.2) is 31.6 Å². The molecule has 2 aromatic rings. The quantitative estimate of drug-likeness (QED) is 0.618. The minimum absolute atomic E-state index is 0.0311. The number of carbonyl (C=O) groups is 1. The van der Waals surface area contributed by atoms with Gasteiger partial charge in [0.15, 0.2) is 6.10 Å². The van der Waals surface area contributed by atoms with E-state index >= 15 is 0 Å². The summed E-state index contributed by atoms with van der Waals surface area (Å²) in [6.07, 6.45) is 3.48. The average Bonchev–Trinajstić information content (AvgIpc) is 2.74. The fourth-order valence-electron chi connectivity index (χ4n) is 3.96. The molecule has 0 unspecified atom stereocenters. The number of nitrogens with one attached hydrogen (secondary N) is 1. The van der Waals surface area contributed by atoms with Gasteiger partial charge in [0, 0.05) is 25.3 Å². The van der Waals surface area contributed by atoms with Crippen molar-refractivity contribution in [3.05, 3.63) is 59.7 Å². The molecule has 0 fully saturated rings. The largest absolute Gasteiger partial charge is 0.481 e. The number of hydrogen-bond acceptors (Lipinski definition) is 3. The molecule has 1 atom stereocenters. The fraction of sp³-hybridized carbons (Fsp3) is 0.500. The number of anilines is 1. The second-order valence-corrected chi connectivity index (χ2v) is 9.15. The van der Waals surface area contributed by atoms with Crippen LogP contribution in [0.1, 0.15) is 58.1 Å². The normalized spacial score (nSPS) is 14.7. The van der Waals surface area contributed by atoms with Crippen LogP contribution in [-0.2, 0) is 16.6 Å². The summed E-state index contributed by atoms with van der Waals surface area (Å²) in [5, 5.41) is 3.06. The third kappa shape index (κ3) is 5.78. The summed E-state index contributed by atoms with van der Waals surface area (Å²) in [4.78, 5) is 15.0. The van der Waals surface area contributed by atoms with Crippen LogP contribution in [0.2, 0.25) is 0 Å². The van der Waals surface area contributed by atoms with Gasteiger partial charge in [-0.05, 0) is 60.4 Å². The first-order valence-electron chi connectivity index (χ1n) is 11.3. The van der Waals surface area contributed by atoms with Gasteiger partial charge in [0.25, 0.3) is 5.91 Å². The number of hydrogen-bond donors (Lipinski definition) is 1. The summed E-state index contributed by atoms with van der Waals surface area (Å²) in [5.74, 6) is 0.714. The Kier molecular flexibility index (Phi) is 7.41. The summed E-state index contributed by atoms with van der Waals surface area (Å²) >= 11 is 0. The van der Waals surface area contributed by atoms with Gasteiger partial charge in [-0.15, -0.1) is 0 Å². The third-order valence-electron chi connectivity index (χ3n) is 5.77. The van der Waals surface area contributed by atoms with Crippen LogP contribution in [0.4, 0.5) is 5.69 Å². The van der Waals surface area contributed by atoms with Crippen LogP contribution in [0.3, 0.4) is 0 Å². The molecule has 1 heterocycles. The molecule has 0 radical (unpaired) electrons. The van der Waals surface area contributed by atoms with Crippen molar-refractivity contribution >= 4 is 11.6 Å². The highest BCUT2D eigenvalue weighted by molar-refractivity contribution is 5.81. The van der Waals surface area contributed by atoms with Gasteiger partial charge in [-0.3, -0.25) is 4.79 Å². The number of benzene rings is 2. The van der Waals surface area contributed by atoms with E-state index in [0.717, 1.165) is 31.7 Å². The van der Waals surface area contributed by atoms with Crippen molar-refractivity contribution in [2.24, 2.45) is 0 Å². The number of carbonyl (C=O) groups excluding carboxylic acids is 1. The Morgan fingerprint density at radius 2 is 1.87 bits per heavy atom. The van der Waals surface area contributed by atoms with Crippen molar-refractivity contribution in [3.8, 4) is 5.75 Å². The highest BCUT2D eigenvalue weighted by Crippen LogP contribution is 2.27. The van der Waals surface area contributed by atoms with Gasteiger partial charge in [-0.2, -0.15) is 0 Å². The topological polar surface area (TPSA) is 41.6 Å². The van der Waals surface area contributed by atoms with Gasteiger partial charge in [0.05, 0.1) is 0 Å². The number of rotatable bonds is 8. The maximum Gasteiger partial charge on any atom is 0.261 e. The van der Waals surface area contributed by atoms with E-state index in [9.17, 15) is 4.79 Å². The van der Waals surface area contributed by atoms with E-state index in [1.54, 1.807) is 0 Å². The van der Waals surface area contributed by atoms with Crippen LogP contribution >= 0.6 is 0 Å². The Morgan fingerprint density at radius 1 is 1.13 bits per heavy atom. The lowest BCUT2D eigenvalue weighted by atomic mass is 9.87. The van der Waals surface area contributed by atoms with E-state index in [1.165, 1.54) is 23.2 Å². The second-order valence-electron chi connectivity index (χ2n) is 9.15. The third-order valence-corrected chi connectivity index (χ3v) is 5.77. The molecule has 162 valence electrons. The van der Waals surface area contributed by atoms with Gasteiger partial charge in [0.1, 0.15) is 5.75 Å². The minimum atomic E-state index is -0.457. The van der Waals surface area contributed by atoms with Crippen LogP contribution in [0, 0.1) is 0 Å². The molecule has 4 nitrogen and oxygen atoms in total. The Balaban J connectivity index is 1.46. The Hall–Kier alpha value is -2.49. The zero-order chi connectivity index (χ0) is 21.6. The number of para-hydroxylation sites is 1. The van der Waals surface area contributed by atoms with E-state index in [-0.39, 0.29) is 11.3 Å². The van der Waals surface area contributed by atoms with Gasteiger partial charge < -0.3 is 15.0 Å². The van der Waals surface area contributed by atoms with Gasteiger partial charge in [0.2, 0.25) is 0 Å². The van der Waals surface area contributed by atoms with Crippen LogP contribution in [0.5, 0.6) is 5.75 Å². The molecule has 1 aliphatic heterocycles. The standard InChI is InChI=1S/C26H36N2O2/c1-5-24(30-22-15-13-21(14-16-22)26(2,3)4)25(29)27-17-9-19-28-18-8-11-20-10-6-7-12-23(20)28/h6-7,10,12-16,24H,5,8-9,11,17-19H2,1-4H3,(H,27,29)/t24-/m0/s1. The van der Waals surface area contributed by atoms with Crippen molar-refractivity contribution in [2.75, 3.05) is 24.5 Å². The fourth-order valence-corrected chi connectivity index (χ4v) is 3.96. The molecule has 2 aromatic carbocycles. The van der Waals surface area contributed by atoms with Crippen LogP contribution < -0.4 is 15.0 Å². The van der Waals surface area contributed by atoms with Crippen molar-refractivity contribution in [3.63, 3.8) is 0 Å². The summed E-state index contributed by atoms with van der Waals surface area (Å²) in [6, 6.07) is 16.7. The summed E-state index contributed by atoms with van der Waals surface area (Å²) in [6.45, 7) is 11.3. The molecule has 0 saturated carbocycles. The number of aryl methyl sites for hydroxylation is 1. The molecule has 0 aliphatic carbocycles. The van der Waals surface area contributed by atoms with Crippen molar-refractivity contribution in [1.29, 1.82) is 0 Å². The lowest BCUT2D eigenvalue weighted by Gasteiger charge is -2.31. The average molecular weight is 409 g/mol. The zero-order valence-electron chi connectivity index (χ0n) is 18.9. The molecule has 1 amide bonds. The first-order chi connectivity index (χ1) is 14.4. The Labute approximate surface area is 181 Å². The summed E-state index contributed by atoms with van der Waals surface area (Å²) in [7, 11) is 0. The SMILES string of the molecule is CC[C@H](Oc1ccc(C(C)(C)C)cc1)C(=O)NCCCN1CCCc2ccccc21. The molecular weight excluding hydrogens is 372 g/mol.